The van der Waals surface area contributed by atoms with Crippen LogP contribution in [0.15, 0.2) is 41.5 Å². The zero-order valence-corrected chi connectivity index (χ0v) is 8.14. The summed E-state index contributed by atoms with van der Waals surface area (Å²) in [5, 5.41) is 2.76. The van der Waals surface area contributed by atoms with Gasteiger partial charge >= 0.3 is 0 Å². The molecule has 1 aromatic rings. The molecule has 15 heavy (non-hydrogen) atoms. The van der Waals surface area contributed by atoms with Gasteiger partial charge in [-0.3, -0.25) is 5.73 Å². The van der Waals surface area contributed by atoms with Crippen molar-refractivity contribution in [2.24, 2.45) is 16.5 Å². The number of nitrogens with two attached hydrogens (primary N) is 3. The molecule has 1 atom stereocenters. The third kappa shape index (κ3) is 1.77. The molecule has 2 rings (SSSR count). The third-order valence-electron chi connectivity index (χ3n) is 2.25. The molecule has 1 aliphatic rings. The molecule has 5 nitrogen and oxygen atoms in total. The van der Waals surface area contributed by atoms with Crippen LogP contribution in [0.5, 0.6) is 0 Å². The van der Waals surface area contributed by atoms with Gasteiger partial charge in [0, 0.05) is 11.9 Å². The zero-order valence-electron chi connectivity index (χ0n) is 8.14. The maximum Gasteiger partial charge on any atom is 0.195 e. The van der Waals surface area contributed by atoms with Crippen molar-refractivity contribution in [3.8, 4) is 0 Å². The van der Waals surface area contributed by atoms with E-state index in [9.17, 15) is 0 Å². The minimum Gasteiger partial charge on any atom is -0.399 e. The van der Waals surface area contributed by atoms with E-state index in [1.54, 1.807) is 24.4 Å². The number of aliphatic imine (C=N–C) groups is 1. The predicted octanol–water partition coefficient (Wildman–Crippen LogP) is -0.188. The maximum absolute atomic E-state index is 6.09. The maximum atomic E-state index is 6.09. The fourth-order valence-electron chi connectivity index (χ4n) is 1.43. The molecule has 0 bridgehead atoms. The van der Waals surface area contributed by atoms with Gasteiger partial charge < -0.3 is 16.8 Å². The zero-order chi connectivity index (χ0) is 10.9. The van der Waals surface area contributed by atoms with Crippen LogP contribution in [0, 0.1) is 0 Å². The Morgan fingerprint density at radius 1 is 1.13 bits per heavy atom. The van der Waals surface area contributed by atoms with Crippen molar-refractivity contribution in [3.05, 3.63) is 42.1 Å². The molecule has 0 amide bonds. The molecule has 0 aliphatic carbocycles. The van der Waals surface area contributed by atoms with Crippen molar-refractivity contribution >= 4 is 11.6 Å². The van der Waals surface area contributed by atoms with E-state index in [2.05, 4.69) is 10.3 Å². The van der Waals surface area contributed by atoms with Crippen LogP contribution in [-0.2, 0) is 5.66 Å². The SMILES string of the molecule is NC1=NC(N)(c2ccc(N)cc2)C=CN1. The average molecular weight is 203 g/mol. The highest BCUT2D eigenvalue weighted by Crippen LogP contribution is 2.23. The minimum atomic E-state index is -0.900. The van der Waals surface area contributed by atoms with Gasteiger partial charge in [0.2, 0.25) is 0 Å². The van der Waals surface area contributed by atoms with Crippen LogP contribution < -0.4 is 22.5 Å². The topological polar surface area (TPSA) is 102 Å². The van der Waals surface area contributed by atoms with Crippen molar-refractivity contribution in [3.63, 3.8) is 0 Å². The van der Waals surface area contributed by atoms with Gasteiger partial charge in [0.05, 0.1) is 0 Å². The van der Waals surface area contributed by atoms with Gasteiger partial charge in [-0.05, 0) is 23.8 Å². The van der Waals surface area contributed by atoms with E-state index in [4.69, 9.17) is 17.2 Å². The Hall–Kier alpha value is -2.01. The van der Waals surface area contributed by atoms with Crippen LogP contribution >= 0.6 is 0 Å². The molecule has 7 N–H and O–H groups in total. The normalized spacial score (nSPS) is 24.5. The van der Waals surface area contributed by atoms with Crippen molar-refractivity contribution in [2.45, 2.75) is 5.66 Å². The number of nitrogens with one attached hydrogen (secondary N) is 1. The summed E-state index contributed by atoms with van der Waals surface area (Å²) in [7, 11) is 0. The van der Waals surface area contributed by atoms with Crippen LogP contribution in [-0.4, -0.2) is 5.96 Å². The lowest BCUT2D eigenvalue weighted by molar-refractivity contribution is 0.581. The lowest BCUT2D eigenvalue weighted by Gasteiger charge is -2.25. The monoisotopic (exact) mass is 203 g/mol. The number of benzene rings is 1. The highest BCUT2D eigenvalue weighted by molar-refractivity contribution is 5.80. The summed E-state index contributed by atoms with van der Waals surface area (Å²) < 4.78 is 0. The molecule has 0 spiro atoms. The summed E-state index contributed by atoms with van der Waals surface area (Å²) in [4.78, 5) is 4.15. The number of nitrogens with zero attached hydrogens (tertiary/aromatic N) is 1. The second-order valence-corrected chi connectivity index (χ2v) is 3.42. The van der Waals surface area contributed by atoms with Gasteiger partial charge in [-0.15, -0.1) is 0 Å². The third-order valence-corrected chi connectivity index (χ3v) is 2.25. The predicted molar refractivity (Wildman–Crippen MR) is 60.6 cm³/mol. The number of rotatable bonds is 1. The van der Waals surface area contributed by atoms with E-state index >= 15 is 0 Å². The average Bonchev–Trinajstić information content (AvgIpc) is 2.18. The molecule has 0 saturated carbocycles. The second-order valence-electron chi connectivity index (χ2n) is 3.42. The number of hydrogen-bond donors (Lipinski definition) is 4. The number of anilines is 1. The van der Waals surface area contributed by atoms with Crippen molar-refractivity contribution < 1.29 is 0 Å². The Kier molecular flexibility index (Phi) is 2.09. The first-order chi connectivity index (χ1) is 7.10. The lowest BCUT2D eigenvalue weighted by atomic mass is 10.00. The smallest absolute Gasteiger partial charge is 0.195 e. The van der Waals surface area contributed by atoms with E-state index in [-0.39, 0.29) is 0 Å². The van der Waals surface area contributed by atoms with Gasteiger partial charge in [0.1, 0.15) is 0 Å². The second kappa shape index (κ2) is 3.29. The van der Waals surface area contributed by atoms with E-state index in [0.717, 1.165) is 5.56 Å². The molecular weight excluding hydrogens is 190 g/mol. The molecule has 1 heterocycles. The van der Waals surface area contributed by atoms with Crippen LogP contribution in [0.2, 0.25) is 0 Å². The summed E-state index contributed by atoms with van der Waals surface area (Å²) in [6, 6.07) is 7.24. The van der Waals surface area contributed by atoms with E-state index in [0.29, 0.717) is 11.6 Å². The number of guanidine groups is 1. The Balaban J connectivity index is 2.41. The Labute approximate surface area is 87.7 Å². The summed E-state index contributed by atoms with van der Waals surface area (Å²) in [6.45, 7) is 0. The summed E-state index contributed by atoms with van der Waals surface area (Å²) in [5.74, 6) is 0.303. The highest BCUT2D eigenvalue weighted by atomic mass is 15.2. The molecule has 78 valence electrons. The molecule has 0 saturated heterocycles. The first-order valence-corrected chi connectivity index (χ1v) is 4.55. The van der Waals surface area contributed by atoms with Crippen molar-refractivity contribution in [1.82, 2.24) is 5.32 Å². The summed E-state index contributed by atoms with van der Waals surface area (Å²) in [5.41, 5.74) is 17.9. The minimum absolute atomic E-state index is 0.303. The summed E-state index contributed by atoms with van der Waals surface area (Å²) in [6.07, 6.45) is 3.42. The summed E-state index contributed by atoms with van der Waals surface area (Å²) >= 11 is 0. The van der Waals surface area contributed by atoms with Gasteiger partial charge in [-0.2, -0.15) is 0 Å². The highest BCUT2D eigenvalue weighted by Gasteiger charge is 2.25. The molecule has 0 fully saturated rings. The largest absolute Gasteiger partial charge is 0.399 e. The Morgan fingerprint density at radius 3 is 2.40 bits per heavy atom. The van der Waals surface area contributed by atoms with E-state index in [1.807, 2.05) is 12.1 Å². The standard InChI is InChI=1S/C10H13N5/c11-8-3-1-7(2-4-8)10(13)5-6-14-9(12)15-10/h1-6H,11,13H2,(H3,12,14,15). The molecule has 1 aromatic carbocycles. The quantitative estimate of drug-likeness (QED) is 0.475. The van der Waals surface area contributed by atoms with Gasteiger partial charge in [-0.25, -0.2) is 4.99 Å². The van der Waals surface area contributed by atoms with Crippen molar-refractivity contribution in [2.75, 3.05) is 5.73 Å². The molecule has 1 unspecified atom stereocenters. The first-order valence-electron chi connectivity index (χ1n) is 4.55. The number of hydrogen-bond acceptors (Lipinski definition) is 5. The van der Waals surface area contributed by atoms with Gasteiger partial charge in [0.15, 0.2) is 11.6 Å². The lowest BCUT2D eigenvalue weighted by Crippen LogP contribution is -2.42. The van der Waals surface area contributed by atoms with Crippen LogP contribution in [0.25, 0.3) is 0 Å². The Bertz CT molecular complexity index is 420. The van der Waals surface area contributed by atoms with Gasteiger partial charge in [0.25, 0.3) is 0 Å². The van der Waals surface area contributed by atoms with Crippen molar-refractivity contribution in [1.29, 1.82) is 0 Å². The van der Waals surface area contributed by atoms with Gasteiger partial charge in [-0.1, -0.05) is 12.1 Å². The fraction of sp³-hybridized carbons (Fsp3) is 0.100. The molecule has 0 aromatic heterocycles. The van der Waals surface area contributed by atoms with Crippen LogP contribution in [0.3, 0.4) is 0 Å². The van der Waals surface area contributed by atoms with Crippen LogP contribution in [0.1, 0.15) is 5.56 Å². The molecular formula is C10H13N5. The van der Waals surface area contributed by atoms with E-state index in [1.165, 1.54) is 0 Å². The fourth-order valence-corrected chi connectivity index (χ4v) is 1.43. The van der Waals surface area contributed by atoms with E-state index < -0.39 is 5.66 Å². The molecule has 5 heteroatoms. The Morgan fingerprint density at radius 2 is 1.80 bits per heavy atom. The van der Waals surface area contributed by atoms with Crippen LogP contribution in [0.4, 0.5) is 5.69 Å². The molecule has 0 radical (unpaired) electrons. The molecule has 1 aliphatic heterocycles. The number of nitrogen functional groups attached to an aromatic ring is 1. The first kappa shape index (κ1) is 9.54.